The summed E-state index contributed by atoms with van der Waals surface area (Å²) in [5.74, 6) is -1.16. The van der Waals surface area contributed by atoms with Crippen LogP contribution in [-0.2, 0) is 12.7 Å². The molecule has 17 heavy (non-hydrogen) atoms. The summed E-state index contributed by atoms with van der Waals surface area (Å²) in [5.41, 5.74) is 0. The SMILES string of the molecule is CCCCCCCCn1nnc(C(F)(F)F)n1. The van der Waals surface area contributed by atoms with Crippen molar-refractivity contribution < 1.29 is 13.2 Å². The quantitative estimate of drug-likeness (QED) is 0.698. The van der Waals surface area contributed by atoms with Crippen molar-refractivity contribution in [3.8, 4) is 0 Å². The van der Waals surface area contributed by atoms with Gasteiger partial charge in [-0.05, 0) is 11.6 Å². The second-order valence-corrected chi connectivity index (χ2v) is 3.97. The molecule has 0 saturated heterocycles. The van der Waals surface area contributed by atoms with E-state index < -0.39 is 12.0 Å². The lowest BCUT2D eigenvalue weighted by Crippen LogP contribution is -2.09. The topological polar surface area (TPSA) is 43.6 Å². The average Bonchev–Trinajstić information content (AvgIpc) is 2.71. The molecule has 98 valence electrons. The van der Waals surface area contributed by atoms with Crippen LogP contribution in [0.4, 0.5) is 13.2 Å². The predicted octanol–water partition coefficient (Wildman–Crippen LogP) is 3.05. The molecule has 1 aromatic rings. The Hall–Kier alpha value is -1.14. The van der Waals surface area contributed by atoms with E-state index in [1.807, 2.05) is 0 Å². The van der Waals surface area contributed by atoms with Crippen molar-refractivity contribution in [3.63, 3.8) is 0 Å². The normalized spacial score (nSPS) is 12.0. The molecule has 0 aliphatic carbocycles. The van der Waals surface area contributed by atoms with Crippen LogP contribution in [0.5, 0.6) is 0 Å². The van der Waals surface area contributed by atoms with Crippen LogP contribution in [-0.4, -0.2) is 20.2 Å². The third-order valence-corrected chi connectivity index (χ3v) is 2.42. The number of nitrogens with zero attached hydrogens (tertiary/aromatic N) is 4. The summed E-state index contributed by atoms with van der Waals surface area (Å²) in [6.45, 7) is 2.53. The summed E-state index contributed by atoms with van der Waals surface area (Å²) in [7, 11) is 0. The summed E-state index contributed by atoms with van der Waals surface area (Å²) in [5, 5.41) is 9.63. The molecule has 0 saturated carbocycles. The van der Waals surface area contributed by atoms with Gasteiger partial charge < -0.3 is 0 Å². The molecule has 0 amide bonds. The predicted molar refractivity (Wildman–Crippen MR) is 56.2 cm³/mol. The minimum Gasteiger partial charge on any atom is -0.164 e. The van der Waals surface area contributed by atoms with Crippen LogP contribution in [0.2, 0.25) is 0 Å². The highest BCUT2D eigenvalue weighted by Crippen LogP contribution is 2.24. The Kier molecular flexibility index (Phi) is 5.37. The average molecular weight is 250 g/mol. The van der Waals surface area contributed by atoms with Gasteiger partial charge in [-0.3, -0.25) is 0 Å². The molecule has 1 heterocycles. The number of tetrazole rings is 1. The lowest BCUT2D eigenvalue weighted by molar-refractivity contribution is -0.145. The zero-order valence-corrected chi connectivity index (χ0v) is 9.87. The number of halogens is 3. The molecule has 0 aromatic carbocycles. The Bertz CT molecular complexity index is 322. The first-order valence-corrected chi connectivity index (χ1v) is 5.89. The van der Waals surface area contributed by atoms with Crippen molar-refractivity contribution in [1.82, 2.24) is 20.2 Å². The fourth-order valence-corrected chi connectivity index (χ4v) is 1.48. The van der Waals surface area contributed by atoms with Gasteiger partial charge in [0.2, 0.25) is 0 Å². The molecule has 0 radical (unpaired) electrons. The molecular weight excluding hydrogens is 233 g/mol. The van der Waals surface area contributed by atoms with Crippen molar-refractivity contribution in [2.24, 2.45) is 0 Å². The number of hydrogen-bond acceptors (Lipinski definition) is 3. The van der Waals surface area contributed by atoms with E-state index in [0.717, 1.165) is 24.1 Å². The molecule has 1 aromatic heterocycles. The van der Waals surface area contributed by atoms with E-state index in [0.29, 0.717) is 6.54 Å². The Morgan fingerprint density at radius 1 is 1.06 bits per heavy atom. The van der Waals surface area contributed by atoms with Gasteiger partial charge in [0.1, 0.15) is 0 Å². The first-order valence-electron chi connectivity index (χ1n) is 5.89. The van der Waals surface area contributed by atoms with Gasteiger partial charge in [0.05, 0.1) is 6.54 Å². The van der Waals surface area contributed by atoms with E-state index in [1.165, 1.54) is 19.3 Å². The van der Waals surface area contributed by atoms with Crippen LogP contribution in [0.25, 0.3) is 0 Å². The third-order valence-electron chi connectivity index (χ3n) is 2.42. The first-order chi connectivity index (χ1) is 8.04. The second kappa shape index (κ2) is 6.56. The summed E-state index contributed by atoms with van der Waals surface area (Å²) in [4.78, 5) is 1.02. The maximum absolute atomic E-state index is 12.2. The summed E-state index contributed by atoms with van der Waals surface area (Å²) < 4.78 is 36.5. The van der Waals surface area contributed by atoms with Gasteiger partial charge in [0.15, 0.2) is 0 Å². The van der Waals surface area contributed by atoms with Crippen LogP contribution in [0.15, 0.2) is 0 Å². The van der Waals surface area contributed by atoms with Gasteiger partial charge in [0, 0.05) is 0 Å². The number of aryl methyl sites for hydroxylation is 1. The Morgan fingerprint density at radius 2 is 1.71 bits per heavy atom. The van der Waals surface area contributed by atoms with E-state index in [4.69, 9.17) is 0 Å². The lowest BCUT2D eigenvalue weighted by atomic mass is 10.1. The standard InChI is InChI=1S/C10H17F3N4/c1-2-3-4-5-6-7-8-17-15-9(14-16-17)10(11,12)13/h2-8H2,1H3. The summed E-state index contributed by atoms with van der Waals surface area (Å²) in [6.07, 6.45) is 1.95. The fraction of sp³-hybridized carbons (Fsp3) is 0.900. The van der Waals surface area contributed by atoms with E-state index in [2.05, 4.69) is 22.3 Å². The van der Waals surface area contributed by atoms with Crippen LogP contribution >= 0.6 is 0 Å². The summed E-state index contributed by atoms with van der Waals surface area (Å²) >= 11 is 0. The molecule has 0 bridgehead atoms. The van der Waals surface area contributed by atoms with Gasteiger partial charge in [0.25, 0.3) is 5.82 Å². The zero-order valence-electron chi connectivity index (χ0n) is 9.87. The number of rotatable bonds is 7. The smallest absolute Gasteiger partial charge is 0.164 e. The van der Waals surface area contributed by atoms with Crippen LogP contribution in [0.3, 0.4) is 0 Å². The zero-order chi connectivity index (χ0) is 12.7. The monoisotopic (exact) mass is 250 g/mol. The third kappa shape index (κ3) is 5.14. The molecule has 4 nitrogen and oxygen atoms in total. The fourth-order valence-electron chi connectivity index (χ4n) is 1.48. The Morgan fingerprint density at radius 3 is 2.29 bits per heavy atom. The van der Waals surface area contributed by atoms with E-state index in [1.54, 1.807) is 0 Å². The van der Waals surface area contributed by atoms with Gasteiger partial charge >= 0.3 is 6.18 Å². The highest BCUT2D eigenvalue weighted by Gasteiger charge is 2.36. The van der Waals surface area contributed by atoms with E-state index in [9.17, 15) is 13.2 Å². The molecule has 0 unspecified atom stereocenters. The van der Waals surface area contributed by atoms with Crippen molar-refractivity contribution in [2.45, 2.75) is 58.2 Å². The Labute approximate surface area is 98.2 Å². The van der Waals surface area contributed by atoms with Crippen molar-refractivity contribution in [2.75, 3.05) is 0 Å². The maximum Gasteiger partial charge on any atom is 0.455 e. The maximum atomic E-state index is 12.2. The number of aromatic nitrogens is 4. The second-order valence-electron chi connectivity index (χ2n) is 3.97. The molecule has 0 spiro atoms. The van der Waals surface area contributed by atoms with Crippen molar-refractivity contribution in [1.29, 1.82) is 0 Å². The highest BCUT2D eigenvalue weighted by atomic mass is 19.4. The largest absolute Gasteiger partial charge is 0.455 e. The minimum atomic E-state index is -4.50. The van der Waals surface area contributed by atoms with Crippen molar-refractivity contribution in [3.05, 3.63) is 5.82 Å². The number of unbranched alkanes of at least 4 members (excludes halogenated alkanes) is 5. The summed E-state index contributed by atoms with van der Waals surface area (Å²) in [6, 6.07) is 0. The first kappa shape index (κ1) is 13.9. The Balaban J connectivity index is 2.21. The highest BCUT2D eigenvalue weighted by molar-refractivity contribution is 4.82. The van der Waals surface area contributed by atoms with E-state index >= 15 is 0 Å². The van der Waals surface area contributed by atoms with E-state index in [-0.39, 0.29) is 0 Å². The molecule has 0 aliphatic heterocycles. The van der Waals surface area contributed by atoms with Gasteiger partial charge in [-0.25, -0.2) is 0 Å². The molecule has 7 heteroatoms. The molecule has 0 aliphatic rings. The van der Waals surface area contributed by atoms with Gasteiger partial charge in [-0.2, -0.15) is 18.0 Å². The lowest BCUT2D eigenvalue weighted by Gasteiger charge is -2.00. The molecular formula is C10H17F3N4. The van der Waals surface area contributed by atoms with Crippen LogP contribution in [0.1, 0.15) is 51.3 Å². The van der Waals surface area contributed by atoms with Crippen LogP contribution in [0, 0.1) is 0 Å². The molecule has 0 fully saturated rings. The van der Waals surface area contributed by atoms with Gasteiger partial charge in [-0.1, -0.05) is 39.0 Å². The molecule has 0 N–H and O–H groups in total. The number of alkyl halides is 3. The van der Waals surface area contributed by atoms with Crippen molar-refractivity contribution >= 4 is 0 Å². The van der Waals surface area contributed by atoms with Gasteiger partial charge in [-0.15, -0.1) is 10.2 Å². The van der Waals surface area contributed by atoms with Crippen LogP contribution < -0.4 is 0 Å². The number of hydrogen-bond donors (Lipinski definition) is 0. The minimum absolute atomic E-state index is 0.398. The molecule has 0 atom stereocenters. The molecule has 1 rings (SSSR count).